The summed E-state index contributed by atoms with van der Waals surface area (Å²) in [7, 11) is 0. The normalized spacial score (nSPS) is 10.8. The van der Waals surface area contributed by atoms with Gasteiger partial charge in [0.1, 0.15) is 6.54 Å². The molecule has 3 heterocycles. The molecule has 0 fully saturated rings. The van der Waals surface area contributed by atoms with Crippen LogP contribution < -0.4 is 5.32 Å². The molecule has 3 aromatic heterocycles. The molecule has 0 bridgehead atoms. The third-order valence-corrected chi connectivity index (χ3v) is 5.04. The summed E-state index contributed by atoms with van der Waals surface area (Å²) in [6, 6.07) is 12.8. The van der Waals surface area contributed by atoms with E-state index in [1.54, 1.807) is 24.5 Å². The Labute approximate surface area is 168 Å². The highest BCUT2D eigenvalue weighted by Crippen LogP contribution is 2.42. The van der Waals surface area contributed by atoms with Crippen molar-refractivity contribution in [1.29, 1.82) is 0 Å². The molecular weight excluding hydrogens is 392 g/mol. The molecule has 29 heavy (non-hydrogen) atoms. The molecule has 0 spiro atoms. The number of carbonyl (C=O) groups is 2. The second kappa shape index (κ2) is 7.64. The molecule has 0 unspecified atom stereocenters. The number of benzene rings is 1. The number of carboxylic acid groups (broad SMARTS) is 1. The van der Waals surface area contributed by atoms with E-state index in [2.05, 4.69) is 19.7 Å². The zero-order chi connectivity index (χ0) is 20.4. The number of nitrogens with zero attached hydrogens (tertiary/aromatic N) is 3. The van der Waals surface area contributed by atoms with Gasteiger partial charge < -0.3 is 15.5 Å². The molecule has 0 aliphatic rings. The second-order valence-corrected chi connectivity index (χ2v) is 6.85. The number of hydrogen-bond donors (Lipinski definition) is 3. The van der Waals surface area contributed by atoms with Crippen LogP contribution in [0.3, 0.4) is 0 Å². The Morgan fingerprint density at radius 3 is 2.48 bits per heavy atom. The fourth-order valence-electron chi connectivity index (χ4n) is 2.89. The van der Waals surface area contributed by atoms with Gasteiger partial charge in [0.05, 0.1) is 21.5 Å². The highest BCUT2D eigenvalue weighted by atomic mass is 32.1. The summed E-state index contributed by atoms with van der Waals surface area (Å²) in [5, 5.41) is 22.3. The Balaban J connectivity index is 1.97. The molecule has 4 aromatic rings. The van der Waals surface area contributed by atoms with Gasteiger partial charge in [0, 0.05) is 23.5 Å². The standard InChI is InChI=1S/C20H14N4O4S/c25-13(26)10-22-20(28)17-18(27)14-15(11-5-2-1-3-6-11)24-29-19(14)16(23-17)12-7-4-8-21-9-12/h1-9,27H,10H2,(H,22,28)(H,25,26). The monoisotopic (exact) mass is 406 g/mol. The Morgan fingerprint density at radius 1 is 1.03 bits per heavy atom. The molecule has 1 aromatic carbocycles. The van der Waals surface area contributed by atoms with Crippen LogP contribution in [0.5, 0.6) is 5.75 Å². The summed E-state index contributed by atoms with van der Waals surface area (Å²) in [6.45, 7) is -0.590. The lowest BCUT2D eigenvalue weighted by molar-refractivity contribution is -0.135. The van der Waals surface area contributed by atoms with E-state index in [9.17, 15) is 14.7 Å². The van der Waals surface area contributed by atoms with Gasteiger partial charge >= 0.3 is 5.97 Å². The van der Waals surface area contributed by atoms with Crippen molar-refractivity contribution in [2.45, 2.75) is 0 Å². The molecule has 9 heteroatoms. The number of rotatable bonds is 5. The smallest absolute Gasteiger partial charge is 0.322 e. The molecule has 0 saturated carbocycles. The zero-order valence-corrected chi connectivity index (χ0v) is 15.7. The molecule has 0 saturated heterocycles. The summed E-state index contributed by atoms with van der Waals surface area (Å²) in [4.78, 5) is 31.8. The van der Waals surface area contributed by atoms with E-state index < -0.39 is 18.4 Å². The highest BCUT2D eigenvalue weighted by molar-refractivity contribution is 7.14. The van der Waals surface area contributed by atoms with Crippen LogP contribution in [0, 0.1) is 0 Å². The molecule has 0 aliphatic heterocycles. The highest BCUT2D eigenvalue weighted by Gasteiger charge is 2.25. The first-order chi connectivity index (χ1) is 14.1. The van der Waals surface area contributed by atoms with Gasteiger partial charge in [-0.25, -0.2) is 4.98 Å². The SMILES string of the molecule is O=C(O)CNC(=O)c1nc(-c2cccnc2)c2snc(-c3ccccc3)c2c1O. The summed E-state index contributed by atoms with van der Waals surface area (Å²) in [5.41, 5.74) is 2.10. The molecule has 0 atom stereocenters. The van der Waals surface area contributed by atoms with Crippen LogP contribution in [-0.4, -0.2) is 43.0 Å². The van der Waals surface area contributed by atoms with Gasteiger partial charge in [-0.05, 0) is 23.7 Å². The fourth-order valence-corrected chi connectivity index (χ4v) is 3.81. The summed E-state index contributed by atoms with van der Waals surface area (Å²) in [5.74, 6) is -2.33. The zero-order valence-electron chi connectivity index (χ0n) is 14.9. The molecule has 8 nitrogen and oxygen atoms in total. The van der Waals surface area contributed by atoms with Crippen LogP contribution >= 0.6 is 11.5 Å². The molecule has 3 N–H and O–H groups in total. The third-order valence-electron chi connectivity index (χ3n) is 4.19. The Morgan fingerprint density at radius 2 is 1.79 bits per heavy atom. The number of hydrogen-bond acceptors (Lipinski definition) is 7. The van der Waals surface area contributed by atoms with Crippen molar-refractivity contribution in [3.05, 3.63) is 60.6 Å². The van der Waals surface area contributed by atoms with E-state index in [-0.39, 0.29) is 11.4 Å². The number of aliphatic carboxylic acids is 1. The van der Waals surface area contributed by atoms with E-state index in [4.69, 9.17) is 5.11 Å². The van der Waals surface area contributed by atoms with Crippen molar-refractivity contribution >= 4 is 33.5 Å². The van der Waals surface area contributed by atoms with Gasteiger partial charge in [0.2, 0.25) is 0 Å². The lowest BCUT2D eigenvalue weighted by Crippen LogP contribution is -2.30. The van der Waals surface area contributed by atoms with Crippen LogP contribution in [0.25, 0.3) is 32.6 Å². The maximum Gasteiger partial charge on any atom is 0.322 e. The number of aromatic nitrogens is 3. The Bertz CT molecular complexity index is 1210. The van der Waals surface area contributed by atoms with Crippen molar-refractivity contribution in [3.8, 4) is 28.3 Å². The number of amides is 1. The molecule has 0 radical (unpaired) electrons. The van der Waals surface area contributed by atoms with E-state index in [0.717, 1.165) is 17.1 Å². The Hall–Kier alpha value is -3.85. The van der Waals surface area contributed by atoms with Gasteiger partial charge in [-0.2, -0.15) is 4.37 Å². The number of carboxylic acids is 1. The molecule has 1 amide bonds. The number of nitrogens with one attached hydrogen (secondary N) is 1. The maximum absolute atomic E-state index is 12.5. The van der Waals surface area contributed by atoms with Gasteiger partial charge in [-0.15, -0.1) is 0 Å². The summed E-state index contributed by atoms with van der Waals surface area (Å²) < 4.78 is 5.08. The number of carbonyl (C=O) groups excluding carboxylic acids is 1. The average Bonchev–Trinajstić information content (AvgIpc) is 3.19. The largest absolute Gasteiger partial charge is 0.505 e. The predicted molar refractivity (Wildman–Crippen MR) is 108 cm³/mol. The van der Waals surface area contributed by atoms with Crippen LogP contribution in [0.4, 0.5) is 0 Å². The molecular formula is C20H14N4O4S. The molecule has 0 aliphatic carbocycles. The van der Waals surface area contributed by atoms with Crippen molar-refractivity contribution in [1.82, 2.24) is 19.7 Å². The van der Waals surface area contributed by atoms with E-state index in [1.807, 2.05) is 30.3 Å². The van der Waals surface area contributed by atoms with Gasteiger partial charge in [0.15, 0.2) is 11.4 Å². The minimum atomic E-state index is -1.20. The van der Waals surface area contributed by atoms with Crippen molar-refractivity contribution < 1.29 is 19.8 Å². The maximum atomic E-state index is 12.5. The van der Waals surface area contributed by atoms with E-state index >= 15 is 0 Å². The van der Waals surface area contributed by atoms with E-state index in [1.165, 1.54) is 0 Å². The molecule has 4 rings (SSSR count). The van der Waals surface area contributed by atoms with Crippen LogP contribution in [0.2, 0.25) is 0 Å². The first-order valence-corrected chi connectivity index (χ1v) is 9.31. The number of fused-ring (bicyclic) bond motifs is 1. The average molecular weight is 406 g/mol. The van der Waals surface area contributed by atoms with Gasteiger partial charge in [-0.3, -0.25) is 14.6 Å². The van der Waals surface area contributed by atoms with Gasteiger partial charge in [0.25, 0.3) is 5.91 Å². The van der Waals surface area contributed by atoms with Crippen LogP contribution in [0.15, 0.2) is 54.9 Å². The first kappa shape index (κ1) is 18.5. The topological polar surface area (TPSA) is 125 Å². The lowest BCUT2D eigenvalue weighted by Gasteiger charge is -2.10. The molecule has 144 valence electrons. The number of aromatic hydroxyl groups is 1. The quantitative estimate of drug-likeness (QED) is 0.465. The Kier molecular flexibility index (Phi) is 4.88. The summed E-state index contributed by atoms with van der Waals surface area (Å²) >= 11 is 1.16. The predicted octanol–water partition coefficient (Wildman–Crippen LogP) is 2.94. The fraction of sp³-hybridized carbons (Fsp3) is 0.0500. The van der Waals surface area contributed by atoms with E-state index in [0.29, 0.717) is 27.0 Å². The lowest BCUT2D eigenvalue weighted by atomic mass is 10.0. The van der Waals surface area contributed by atoms with Crippen molar-refractivity contribution in [2.75, 3.05) is 6.54 Å². The minimum absolute atomic E-state index is 0.269. The van der Waals surface area contributed by atoms with Gasteiger partial charge in [-0.1, -0.05) is 30.3 Å². The first-order valence-electron chi connectivity index (χ1n) is 8.54. The van der Waals surface area contributed by atoms with Crippen molar-refractivity contribution in [3.63, 3.8) is 0 Å². The summed E-state index contributed by atoms with van der Waals surface area (Å²) in [6.07, 6.45) is 3.21. The third kappa shape index (κ3) is 3.50. The van der Waals surface area contributed by atoms with Crippen LogP contribution in [0.1, 0.15) is 10.5 Å². The second-order valence-electron chi connectivity index (χ2n) is 6.08. The number of pyridine rings is 2. The minimum Gasteiger partial charge on any atom is -0.505 e. The van der Waals surface area contributed by atoms with Crippen LogP contribution in [-0.2, 0) is 4.79 Å². The van der Waals surface area contributed by atoms with Crippen molar-refractivity contribution in [2.24, 2.45) is 0 Å².